The molecule has 0 aromatic heterocycles. The lowest BCUT2D eigenvalue weighted by atomic mass is 10.1. The van der Waals surface area contributed by atoms with E-state index in [1.807, 2.05) is 36.4 Å². The second kappa shape index (κ2) is 7.02. The Morgan fingerprint density at radius 1 is 1.30 bits per heavy atom. The van der Waals surface area contributed by atoms with E-state index < -0.39 is 6.10 Å². The molecule has 1 unspecified atom stereocenters. The lowest BCUT2D eigenvalue weighted by Gasteiger charge is -2.14. The highest BCUT2D eigenvalue weighted by Crippen LogP contribution is 2.31. The maximum atomic E-state index is 12.5. The molecule has 3 rings (SSSR count). The zero-order valence-electron chi connectivity index (χ0n) is 12.9. The second-order valence-corrected chi connectivity index (χ2v) is 5.93. The third-order valence-corrected chi connectivity index (χ3v) is 4.07. The molecule has 1 amide bonds. The minimum atomic E-state index is -0.518. The Labute approximate surface area is 140 Å². The molecule has 0 fully saturated rings. The molecule has 0 bridgehead atoms. The van der Waals surface area contributed by atoms with Crippen molar-refractivity contribution in [1.29, 1.82) is 0 Å². The minimum Gasteiger partial charge on any atom is -0.480 e. The molecule has 1 atom stereocenters. The molecule has 0 spiro atoms. The predicted octanol–water partition coefficient (Wildman–Crippen LogP) is 3.39. The van der Waals surface area contributed by atoms with Gasteiger partial charge in [0.1, 0.15) is 5.75 Å². The highest BCUT2D eigenvalue weighted by molar-refractivity contribution is 6.30. The molecular weight excluding hydrogens is 312 g/mol. The smallest absolute Gasteiger partial charge is 0.265 e. The van der Waals surface area contributed by atoms with Gasteiger partial charge in [-0.1, -0.05) is 36.7 Å². The molecule has 1 aliphatic heterocycles. The number of rotatable bonds is 5. The fourth-order valence-corrected chi connectivity index (χ4v) is 2.83. The van der Waals surface area contributed by atoms with Gasteiger partial charge in [-0.2, -0.15) is 0 Å². The quantitative estimate of drug-likeness (QED) is 0.883. The summed E-state index contributed by atoms with van der Waals surface area (Å²) in [6.07, 6.45) is 0.0209. The number of ether oxygens (including phenoxy) is 1. The van der Waals surface area contributed by atoms with Crippen molar-refractivity contribution in [1.82, 2.24) is 5.32 Å². The Hall–Kier alpha value is -2.04. The zero-order valence-corrected chi connectivity index (χ0v) is 13.7. The van der Waals surface area contributed by atoms with Crippen molar-refractivity contribution in [2.24, 2.45) is 0 Å². The van der Waals surface area contributed by atoms with E-state index >= 15 is 0 Å². The minimum absolute atomic E-state index is 0.138. The maximum absolute atomic E-state index is 12.5. The predicted molar refractivity (Wildman–Crippen MR) is 92.0 cm³/mol. The summed E-state index contributed by atoms with van der Waals surface area (Å²) < 4.78 is 5.73. The molecule has 2 aromatic rings. The summed E-state index contributed by atoms with van der Waals surface area (Å²) in [6, 6.07) is 13.2. The van der Waals surface area contributed by atoms with Crippen LogP contribution in [0.1, 0.15) is 18.1 Å². The van der Waals surface area contributed by atoms with Crippen LogP contribution in [0.25, 0.3) is 0 Å². The lowest BCUT2D eigenvalue weighted by molar-refractivity contribution is -0.122. The van der Waals surface area contributed by atoms with Crippen molar-refractivity contribution < 1.29 is 9.53 Å². The molecule has 0 radical (unpaired) electrons. The molecule has 1 heterocycles. The van der Waals surface area contributed by atoms with Gasteiger partial charge in [-0.05, 0) is 41.9 Å². The number of amides is 1. The van der Waals surface area contributed by atoms with E-state index in [0.717, 1.165) is 29.1 Å². The fraction of sp³-hybridized carbons (Fsp3) is 0.278. The topological polar surface area (TPSA) is 50.4 Å². The van der Waals surface area contributed by atoms with Crippen LogP contribution in [0.5, 0.6) is 5.75 Å². The van der Waals surface area contributed by atoms with E-state index in [1.54, 1.807) is 6.07 Å². The average molecular weight is 331 g/mol. The number of fused-ring (bicyclic) bond motifs is 1. The van der Waals surface area contributed by atoms with Crippen LogP contribution in [-0.2, 0) is 17.8 Å². The summed E-state index contributed by atoms with van der Waals surface area (Å²) >= 11 is 5.99. The Kier molecular flexibility index (Phi) is 4.84. The first kappa shape index (κ1) is 15.8. The summed E-state index contributed by atoms with van der Waals surface area (Å²) in [5.41, 5.74) is 2.84. The van der Waals surface area contributed by atoms with Crippen LogP contribution in [0.3, 0.4) is 0 Å². The van der Waals surface area contributed by atoms with Crippen molar-refractivity contribution in [3.05, 3.63) is 58.6 Å². The molecule has 0 aliphatic carbocycles. The van der Waals surface area contributed by atoms with Gasteiger partial charge < -0.3 is 15.4 Å². The third-order valence-electron chi connectivity index (χ3n) is 3.83. The van der Waals surface area contributed by atoms with E-state index in [-0.39, 0.29) is 5.91 Å². The van der Waals surface area contributed by atoms with Gasteiger partial charge in [0.15, 0.2) is 6.10 Å². The van der Waals surface area contributed by atoms with Gasteiger partial charge >= 0.3 is 0 Å². The van der Waals surface area contributed by atoms with Crippen LogP contribution in [-0.4, -0.2) is 18.6 Å². The van der Waals surface area contributed by atoms with Crippen molar-refractivity contribution in [2.75, 3.05) is 11.9 Å². The number of carbonyl (C=O) groups is 1. The normalized spacial score (nSPS) is 15.8. The van der Waals surface area contributed by atoms with Crippen molar-refractivity contribution >= 4 is 23.2 Å². The highest BCUT2D eigenvalue weighted by atomic mass is 35.5. The Morgan fingerprint density at radius 3 is 2.96 bits per heavy atom. The first-order chi connectivity index (χ1) is 11.2. The highest BCUT2D eigenvalue weighted by Gasteiger charge is 2.29. The monoisotopic (exact) mass is 330 g/mol. The Morgan fingerprint density at radius 2 is 2.13 bits per heavy atom. The molecule has 23 heavy (non-hydrogen) atoms. The van der Waals surface area contributed by atoms with E-state index in [1.165, 1.54) is 0 Å². The van der Waals surface area contributed by atoms with Crippen LogP contribution in [0.4, 0.5) is 5.69 Å². The summed E-state index contributed by atoms with van der Waals surface area (Å²) in [6.45, 7) is 3.65. The van der Waals surface area contributed by atoms with Gasteiger partial charge in [0.25, 0.3) is 5.91 Å². The standard InChI is InChI=1S/C18H19ClN2O2/c1-2-20-11-12-5-3-4-6-15(12)21-18(22)17-10-13-9-14(19)7-8-16(13)23-17/h3-9,17,20H,2,10-11H2,1H3,(H,21,22). The first-order valence-electron chi connectivity index (χ1n) is 7.72. The SMILES string of the molecule is CCNCc1ccccc1NC(=O)C1Cc2cc(Cl)ccc2O1. The number of carbonyl (C=O) groups excluding carboxylic acids is 1. The van der Waals surface area contributed by atoms with E-state index in [4.69, 9.17) is 16.3 Å². The van der Waals surface area contributed by atoms with Gasteiger partial charge in [0, 0.05) is 23.7 Å². The molecule has 2 aromatic carbocycles. The van der Waals surface area contributed by atoms with Crippen molar-refractivity contribution in [3.63, 3.8) is 0 Å². The van der Waals surface area contributed by atoms with Crippen LogP contribution in [0.15, 0.2) is 42.5 Å². The average Bonchev–Trinajstić information content (AvgIpc) is 2.97. The summed E-state index contributed by atoms with van der Waals surface area (Å²) in [5, 5.41) is 6.90. The zero-order chi connectivity index (χ0) is 16.2. The van der Waals surface area contributed by atoms with Crippen LogP contribution in [0, 0.1) is 0 Å². The van der Waals surface area contributed by atoms with Crippen molar-refractivity contribution in [3.8, 4) is 5.75 Å². The number of hydrogen-bond donors (Lipinski definition) is 2. The van der Waals surface area contributed by atoms with E-state index in [2.05, 4.69) is 17.6 Å². The number of benzene rings is 2. The molecule has 0 saturated heterocycles. The first-order valence-corrected chi connectivity index (χ1v) is 8.09. The number of hydrogen-bond acceptors (Lipinski definition) is 3. The van der Waals surface area contributed by atoms with Gasteiger partial charge in [0.05, 0.1) is 0 Å². The maximum Gasteiger partial charge on any atom is 0.265 e. The van der Waals surface area contributed by atoms with Gasteiger partial charge in [-0.3, -0.25) is 4.79 Å². The number of anilines is 1. The molecule has 120 valence electrons. The largest absolute Gasteiger partial charge is 0.480 e. The molecule has 0 saturated carbocycles. The Balaban J connectivity index is 1.69. The molecule has 2 N–H and O–H groups in total. The number of para-hydroxylation sites is 1. The van der Waals surface area contributed by atoms with Gasteiger partial charge in [-0.15, -0.1) is 0 Å². The van der Waals surface area contributed by atoms with Crippen LogP contribution in [0.2, 0.25) is 5.02 Å². The second-order valence-electron chi connectivity index (χ2n) is 5.49. The van der Waals surface area contributed by atoms with Crippen LogP contribution >= 0.6 is 11.6 Å². The third kappa shape index (κ3) is 3.66. The lowest BCUT2D eigenvalue weighted by Crippen LogP contribution is -2.32. The van der Waals surface area contributed by atoms with Gasteiger partial charge in [-0.25, -0.2) is 0 Å². The summed E-state index contributed by atoms with van der Waals surface area (Å²) in [7, 11) is 0. The molecule has 5 heteroatoms. The molecule has 4 nitrogen and oxygen atoms in total. The number of nitrogens with one attached hydrogen (secondary N) is 2. The summed E-state index contributed by atoms with van der Waals surface area (Å²) in [4.78, 5) is 12.5. The summed E-state index contributed by atoms with van der Waals surface area (Å²) in [5.74, 6) is 0.594. The van der Waals surface area contributed by atoms with Gasteiger partial charge in [0.2, 0.25) is 0 Å². The molecular formula is C18H19ClN2O2. The van der Waals surface area contributed by atoms with Crippen LogP contribution < -0.4 is 15.4 Å². The fourth-order valence-electron chi connectivity index (χ4n) is 2.63. The Bertz CT molecular complexity index is 718. The number of halogens is 1. The van der Waals surface area contributed by atoms with E-state index in [9.17, 15) is 4.79 Å². The van der Waals surface area contributed by atoms with E-state index in [0.29, 0.717) is 18.0 Å². The molecule has 1 aliphatic rings. The van der Waals surface area contributed by atoms with Crippen molar-refractivity contribution in [2.45, 2.75) is 26.0 Å².